The number of carbonyl (C=O) groups excluding carboxylic acids is 1. The maximum atomic E-state index is 12.0. The Morgan fingerprint density at radius 3 is 3.10 bits per heavy atom. The number of nitrogens with one attached hydrogen (secondary N) is 1. The first-order chi connectivity index (χ1) is 9.19. The van der Waals surface area contributed by atoms with E-state index in [1.807, 2.05) is 6.92 Å². The monoisotopic (exact) mass is 318 g/mol. The summed E-state index contributed by atoms with van der Waals surface area (Å²) in [5.41, 5.74) is 6.48. The minimum Gasteiger partial charge on any atom is -0.355 e. The van der Waals surface area contributed by atoms with Gasteiger partial charge in [-0.3, -0.25) is 9.69 Å². The SMILES string of the molecule is Cc1csc(CN2CCCC(C(=O)NCCN)C2)n1.Cl. The highest BCUT2D eigenvalue weighted by molar-refractivity contribution is 7.09. The Morgan fingerprint density at radius 1 is 1.65 bits per heavy atom. The number of aryl methyl sites for hydroxylation is 1. The predicted molar refractivity (Wildman–Crippen MR) is 84.2 cm³/mol. The molecule has 1 fully saturated rings. The Morgan fingerprint density at radius 2 is 2.45 bits per heavy atom. The normalized spacial score (nSPS) is 19.4. The lowest BCUT2D eigenvalue weighted by Crippen LogP contribution is -2.43. The van der Waals surface area contributed by atoms with Crippen molar-refractivity contribution in [3.8, 4) is 0 Å². The van der Waals surface area contributed by atoms with E-state index in [1.165, 1.54) is 0 Å². The van der Waals surface area contributed by atoms with Crippen molar-refractivity contribution in [1.29, 1.82) is 0 Å². The number of carbonyl (C=O) groups is 1. The Kier molecular flexibility index (Phi) is 7.43. The lowest BCUT2D eigenvalue weighted by Gasteiger charge is -2.31. The molecule has 20 heavy (non-hydrogen) atoms. The summed E-state index contributed by atoms with van der Waals surface area (Å²) in [6, 6.07) is 0. The quantitative estimate of drug-likeness (QED) is 0.854. The van der Waals surface area contributed by atoms with Crippen LogP contribution in [0.15, 0.2) is 5.38 Å². The molecule has 0 radical (unpaired) electrons. The van der Waals surface area contributed by atoms with E-state index in [4.69, 9.17) is 5.73 Å². The molecule has 1 aromatic heterocycles. The number of rotatable bonds is 5. The largest absolute Gasteiger partial charge is 0.355 e. The predicted octanol–water partition coefficient (Wildman–Crippen LogP) is 1.16. The van der Waals surface area contributed by atoms with E-state index in [2.05, 4.69) is 20.6 Å². The summed E-state index contributed by atoms with van der Waals surface area (Å²) in [5, 5.41) is 6.10. The zero-order valence-corrected chi connectivity index (χ0v) is 13.4. The fraction of sp³-hybridized carbons (Fsp3) is 0.692. The van der Waals surface area contributed by atoms with E-state index in [0.717, 1.165) is 43.2 Å². The van der Waals surface area contributed by atoms with Crippen LogP contribution >= 0.6 is 23.7 Å². The number of hydrogen-bond acceptors (Lipinski definition) is 5. The molecule has 1 aliphatic heterocycles. The van der Waals surface area contributed by atoms with Gasteiger partial charge in [0.15, 0.2) is 0 Å². The molecule has 1 aliphatic rings. The van der Waals surface area contributed by atoms with Gasteiger partial charge in [-0.1, -0.05) is 0 Å². The Bertz CT molecular complexity index is 426. The summed E-state index contributed by atoms with van der Waals surface area (Å²) in [4.78, 5) is 18.8. The number of amides is 1. The number of nitrogens with two attached hydrogens (primary N) is 1. The minimum atomic E-state index is 0. The standard InChI is InChI=1S/C13H22N4OS.ClH/c1-10-9-19-12(16-10)8-17-6-2-3-11(7-17)13(18)15-5-4-14;/h9,11H,2-8,14H2,1H3,(H,15,18);1H. The van der Waals surface area contributed by atoms with Gasteiger partial charge in [0.25, 0.3) is 0 Å². The van der Waals surface area contributed by atoms with E-state index in [1.54, 1.807) is 11.3 Å². The molecule has 0 spiro atoms. The lowest BCUT2D eigenvalue weighted by molar-refractivity contribution is -0.126. The van der Waals surface area contributed by atoms with Crippen LogP contribution in [0.2, 0.25) is 0 Å². The summed E-state index contributed by atoms with van der Waals surface area (Å²) in [5.74, 6) is 0.242. The molecule has 1 aromatic rings. The smallest absolute Gasteiger partial charge is 0.224 e. The number of aromatic nitrogens is 1. The van der Waals surface area contributed by atoms with E-state index >= 15 is 0 Å². The minimum absolute atomic E-state index is 0. The Balaban J connectivity index is 0.00000200. The van der Waals surface area contributed by atoms with Gasteiger partial charge in [0.1, 0.15) is 5.01 Å². The molecule has 2 heterocycles. The number of likely N-dealkylation sites (tertiary alicyclic amines) is 1. The van der Waals surface area contributed by atoms with Crippen LogP contribution < -0.4 is 11.1 Å². The van der Waals surface area contributed by atoms with E-state index in [9.17, 15) is 4.79 Å². The Hall–Kier alpha value is -0.690. The first-order valence-corrected chi connectivity index (χ1v) is 7.68. The fourth-order valence-corrected chi connectivity index (χ4v) is 3.23. The number of hydrogen-bond donors (Lipinski definition) is 2. The van der Waals surface area contributed by atoms with Gasteiger partial charge in [0.05, 0.1) is 12.5 Å². The van der Waals surface area contributed by atoms with Crippen molar-refractivity contribution >= 4 is 29.7 Å². The van der Waals surface area contributed by atoms with Crippen LogP contribution in [0.25, 0.3) is 0 Å². The summed E-state index contributed by atoms with van der Waals surface area (Å²) in [6.07, 6.45) is 2.05. The lowest BCUT2D eigenvalue weighted by atomic mass is 9.97. The zero-order chi connectivity index (χ0) is 13.7. The van der Waals surface area contributed by atoms with Gasteiger partial charge < -0.3 is 11.1 Å². The van der Waals surface area contributed by atoms with Gasteiger partial charge >= 0.3 is 0 Å². The average molecular weight is 319 g/mol. The molecule has 0 aromatic carbocycles. The van der Waals surface area contributed by atoms with Crippen molar-refractivity contribution in [2.45, 2.75) is 26.3 Å². The van der Waals surface area contributed by atoms with Crippen LogP contribution in [0.4, 0.5) is 0 Å². The second-order valence-electron chi connectivity index (χ2n) is 5.04. The van der Waals surface area contributed by atoms with E-state index in [-0.39, 0.29) is 24.2 Å². The van der Waals surface area contributed by atoms with Crippen molar-refractivity contribution in [3.63, 3.8) is 0 Å². The molecule has 3 N–H and O–H groups in total. The molecule has 114 valence electrons. The molecule has 1 atom stereocenters. The highest BCUT2D eigenvalue weighted by Crippen LogP contribution is 2.20. The summed E-state index contributed by atoms with van der Waals surface area (Å²) in [6.45, 7) is 5.83. The van der Waals surface area contributed by atoms with Crippen LogP contribution in [-0.2, 0) is 11.3 Å². The van der Waals surface area contributed by atoms with Crippen molar-refractivity contribution in [3.05, 3.63) is 16.1 Å². The van der Waals surface area contributed by atoms with Crippen molar-refractivity contribution in [2.75, 3.05) is 26.2 Å². The number of halogens is 1. The molecular weight excluding hydrogens is 296 g/mol. The second kappa shape index (κ2) is 8.56. The van der Waals surface area contributed by atoms with E-state index in [0.29, 0.717) is 13.1 Å². The average Bonchev–Trinajstić information content (AvgIpc) is 2.81. The molecule has 7 heteroatoms. The molecule has 0 bridgehead atoms. The van der Waals surface area contributed by atoms with Crippen LogP contribution in [0.3, 0.4) is 0 Å². The van der Waals surface area contributed by atoms with Gasteiger partial charge in [0, 0.05) is 30.7 Å². The molecule has 1 amide bonds. The number of nitrogens with zero attached hydrogens (tertiary/aromatic N) is 2. The molecule has 1 unspecified atom stereocenters. The zero-order valence-electron chi connectivity index (χ0n) is 11.8. The third-order valence-corrected chi connectivity index (χ3v) is 4.30. The maximum Gasteiger partial charge on any atom is 0.224 e. The summed E-state index contributed by atoms with van der Waals surface area (Å²) < 4.78 is 0. The third kappa shape index (κ3) is 5.01. The third-order valence-electron chi connectivity index (χ3n) is 3.35. The molecular formula is C13H23ClN4OS. The fourth-order valence-electron chi connectivity index (χ4n) is 2.42. The second-order valence-corrected chi connectivity index (χ2v) is 5.98. The van der Waals surface area contributed by atoms with Crippen molar-refractivity contribution in [2.24, 2.45) is 11.7 Å². The highest BCUT2D eigenvalue weighted by Gasteiger charge is 2.25. The molecule has 0 saturated carbocycles. The summed E-state index contributed by atoms with van der Waals surface area (Å²) in [7, 11) is 0. The molecule has 2 rings (SSSR count). The van der Waals surface area contributed by atoms with Gasteiger partial charge in [-0.2, -0.15) is 0 Å². The molecule has 0 aliphatic carbocycles. The number of thiazole rings is 1. The van der Waals surface area contributed by atoms with Gasteiger partial charge in [0.2, 0.25) is 5.91 Å². The topological polar surface area (TPSA) is 71.2 Å². The van der Waals surface area contributed by atoms with Crippen LogP contribution in [-0.4, -0.2) is 42.0 Å². The summed E-state index contributed by atoms with van der Waals surface area (Å²) >= 11 is 1.70. The van der Waals surface area contributed by atoms with Crippen LogP contribution in [0.1, 0.15) is 23.5 Å². The Labute approximate surface area is 130 Å². The number of piperidine rings is 1. The van der Waals surface area contributed by atoms with Crippen molar-refractivity contribution in [1.82, 2.24) is 15.2 Å². The first-order valence-electron chi connectivity index (χ1n) is 6.80. The highest BCUT2D eigenvalue weighted by atomic mass is 35.5. The van der Waals surface area contributed by atoms with Crippen molar-refractivity contribution < 1.29 is 4.79 Å². The first kappa shape index (κ1) is 17.4. The van der Waals surface area contributed by atoms with Gasteiger partial charge in [-0.15, -0.1) is 23.7 Å². The van der Waals surface area contributed by atoms with Crippen LogP contribution in [0.5, 0.6) is 0 Å². The van der Waals surface area contributed by atoms with Gasteiger partial charge in [-0.05, 0) is 26.3 Å². The molecule has 1 saturated heterocycles. The van der Waals surface area contributed by atoms with E-state index < -0.39 is 0 Å². The maximum absolute atomic E-state index is 12.0. The molecule has 5 nitrogen and oxygen atoms in total. The van der Waals surface area contributed by atoms with Crippen LogP contribution in [0, 0.1) is 12.8 Å². The van der Waals surface area contributed by atoms with Gasteiger partial charge in [-0.25, -0.2) is 4.98 Å².